The maximum atomic E-state index is 14.1. The standard InChI is InChI=1S/C35H42FN3/c1-5-6-16-32(29-14-8-7-9-15-29)34(31-20-17-26(2)33(25-31)35(36)37)30-21-18-28(19-22-30)13-11-24-39-23-10-12-27(3)38-4/h7-10,12,14-15,17-22,25,37-39H,3,5-6,11,13,16,23-24H2,1-2,4H3/b12-10+,34-32+,37-35?. The molecule has 3 aromatic rings. The van der Waals surface area contributed by atoms with Gasteiger partial charge in [-0.3, -0.25) is 5.41 Å². The topological polar surface area (TPSA) is 47.9 Å². The van der Waals surface area contributed by atoms with E-state index in [4.69, 9.17) is 5.41 Å². The van der Waals surface area contributed by atoms with Crippen LogP contribution in [0.3, 0.4) is 0 Å². The lowest BCUT2D eigenvalue weighted by atomic mass is 9.85. The Kier molecular flexibility index (Phi) is 11.9. The van der Waals surface area contributed by atoms with Gasteiger partial charge in [0.15, 0.2) is 0 Å². The minimum Gasteiger partial charge on any atom is -0.389 e. The largest absolute Gasteiger partial charge is 0.389 e. The Balaban J connectivity index is 1.90. The fourth-order valence-electron chi connectivity index (χ4n) is 4.66. The van der Waals surface area contributed by atoms with E-state index in [1.54, 1.807) is 0 Å². The van der Waals surface area contributed by atoms with Crippen molar-refractivity contribution in [2.75, 3.05) is 20.1 Å². The van der Waals surface area contributed by atoms with Crippen molar-refractivity contribution in [2.45, 2.75) is 46.0 Å². The number of hydrogen-bond acceptors (Lipinski definition) is 3. The third-order valence-corrected chi connectivity index (χ3v) is 6.93. The van der Waals surface area contributed by atoms with Crippen molar-refractivity contribution < 1.29 is 4.39 Å². The molecule has 0 aromatic heterocycles. The molecule has 0 atom stereocenters. The van der Waals surface area contributed by atoms with Gasteiger partial charge in [-0.05, 0) is 90.3 Å². The molecule has 0 heterocycles. The molecule has 204 valence electrons. The lowest BCUT2D eigenvalue weighted by molar-refractivity contribution is 0.692. The van der Waals surface area contributed by atoms with Crippen LogP contribution in [0.1, 0.15) is 66.0 Å². The molecule has 0 spiro atoms. The number of likely N-dealkylation sites (N-methyl/N-ethyl adjacent to an activating group) is 1. The molecule has 0 radical (unpaired) electrons. The Morgan fingerprint density at radius 1 is 0.949 bits per heavy atom. The molecule has 0 aliphatic rings. The molecule has 0 saturated carbocycles. The van der Waals surface area contributed by atoms with Crippen LogP contribution >= 0.6 is 0 Å². The van der Waals surface area contributed by atoms with Crippen molar-refractivity contribution in [3.05, 3.63) is 131 Å². The van der Waals surface area contributed by atoms with Crippen LogP contribution in [-0.4, -0.2) is 26.1 Å². The van der Waals surface area contributed by atoms with E-state index in [9.17, 15) is 4.39 Å². The average molecular weight is 524 g/mol. The molecule has 0 unspecified atom stereocenters. The highest BCUT2D eigenvalue weighted by Crippen LogP contribution is 2.36. The van der Waals surface area contributed by atoms with Gasteiger partial charge in [0.25, 0.3) is 0 Å². The molecule has 0 fully saturated rings. The zero-order valence-electron chi connectivity index (χ0n) is 23.6. The molecule has 0 aliphatic heterocycles. The molecule has 39 heavy (non-hydrogen) atoms. The molecule has 3 N–H and O–H groups in total. The van der Waals surface area contributed by atoms with Crippen molar-refractivity contribution >= 4 is 17.1 Å². The van der Waals surface area contributed by atoms with E-state index in [1.165, 1.54) is 16.7 Å². The van der Waals surface area contributed by atoms with Gasteiger partial charge < -0.3 is 10.6 Å². The van der Waals surface area contributed by atoms with E-state index in [0.29, 0.717) is 5.56 Å². The Hall–Kier alpha value is -3.76. The Labute approximate surface area is 234 Å². The number of rotatable bonds is 15. The second-order valence-corrected chi connectivity index (χ2v) is 9.85. The van der Waals surface area contributed by atoms with Crippen LogP contribution in [0.15, 0.2) is 97.2 Å². The summed E-state index contributed by atoms with van der Waals surface area (Å²) in [5.41, 5.74) is 8.92. The van der Waals surface area contributed by atoms with Gasteiger partial charge in [-0.2, -0.15) is 4.39 Å². The van der Waals surface area contributed by atoms with Crippen molar-refractivity contribution in [1.82, 2.24) is 10.6 Å². The summed E-state index contributed by atoms with van der Waals surface area (Å²) in [7, 11) is 1.87. The maximum Gasteiger partial charge on any atom is 0.213 e. The quantitative estimate of drug-likeness (QED) is 0.0813. The smallest absolute Gasteiger partial charge is 0.213 e. The van der Waals surface area contributed by atoms with Gasteiger partial charge in [-0.15, -0.1) is 0 Å². The summed E-state index contributed by atoms with van der Waals surface area (Å²) in [6, 6.07) is 25.1. The summed E-state index contributed by atoms with van der Waals surface area (Å²) in [5.74, 6) is -0.894. The summed E-state index contributed by atoms with van der Waals surface area (Å²) in [5, 5.41) is 14.1. The van der Waals surface area contributed by atoms with Crippen LogP contribution in [0.2, 0.25) is 0 Å². The first-order valence-corrected chi connectivity index (χ1v) is 13.9. The Morgan fingerprint density at radius 3 is 2.33 bits per heavy atom. The van der Waals surface area contributed by atoms with Gasteiger partial charge in [0.05, 0.1) is 0 Å². The summed E-state index contributed by atoms with van der Waals surface area (Å²) < 4.78 is 14.1. The minimum atomic E-state index is -0.894. The number of allylic oxidation sites excluding steroid dienone is 2. The van der Waals surface area contributed by atoms with Crippen molar-refractivity contribution in [2.24, 2.45) is 0 Å². The molecular formula is C35H42FN3. The molecule has 0 bridgehead atoms. The van der Waals surface area contributed by atoms with Crippen molar-refractivity contribution in [1.29, 1.82) is 5.41 Å². The lowest BCUT2D eigenvalue weighted by Crippen LogP contribution is -2.15. The highest BCUT2D eigenvalue weighted by molar-refractivity contribution is 6.00. The summed E-state index contributed by atoms with van der Waals surface area (Å²) in [4.78, 5) is 0. The highest BCUT2D eigenvalue weighted by atomic mass is 19.1. The molecule has 3 rings (SSSR count). The zero-order valence-corrected chi connectivity index (χ0v) is 23.6. The second-order valence-electron chi connectivity index (χ2n) is 9.85. The number of aryl methyl sites for hydroxylation is 2. The van der Waals surface area contributed by atoms with E-state index in [1.807, 2.05) is 38.2 Å². The molecular weight excluding hydrogens is 481 g/mol. The molecule has 0 amide bonds. The molecule has 0 saturated heterocycles. The normalized spacial score (nSPS) is 11.9. The monoisotopic (exact) mass is 523 g/mol. The predicted octanol–water partition coefficient (Wildman–Crippen LogP) is 8.25. The Morgan fingerprint density at radius 2 is 1.67 bits per heavy atom. The first-order valence-electron chi connectivity index (χ1n) is 13.9. The van der Waals surface area contributed by atoms with E-state index < -0.39 is 5.97 Å². The van der Waals surface area contributed by atoms with E-state index in [-0.39, 0.29) is 0 Å². The van der Waals surface area contributed by atoms with Crippen LogP contribution < -0.4 is 10.6 Å². The highest BCUT2D eigenvalue weighted by Gasteiger charge is 2.16. The number of halogens is 1. The van der Waals surface area contributed by atoms with Crippen LogP contribution in [0, 0.1) is 12.3 Å². The first-order chi connectivity index (χ1) is 18.9. The van der Waals surface area contributed by atoms with Gasteiger partial charge in [0.1, 0.15) is 0 Å². The lowest BCUT2D eigenvalue weighted by Gasteiger charge is -2.19. The van der Waals surface area contributed by atoms with E-state index in [2.05, 4.69) is 84.8 Å². The fraction of sp³-hybridized carbons (Fsp3) is 0.286. The van der Waals surface area contributed by atoms with Crippen molar-refractivity contribution in [3.63, 3.8) is 0 Å². The summed E-state index contributed by atoms with van der Waals surface area (Å²) in [6.07, 6.45) is 9.18. The summed E-state index contributed by atoms with van der Waals surface area (Å²) in [6.45, 7) is 9.71. The zero-order chi connectivity index (χ0) is 28.0. The number of nitrogens with one attached hydrogen (secondary N) is 3. The average Bonchev–Trinajstić information content (AvgIpc) is 2.96. The SMILES string of the molecule is C=C(/C=C/CNCCCc1ccc(/C(=C(/CCCC)c2ccccc2)c2ccc(C)c(C(=N)F)c2)cc1)NC. The number of unbranched alkanes of at least 4 members (excludes halogenated alkanes) is 1. The van der Waals surface area contributed by atoms with Crippen LogP contribution in [0.25, 0.3) is 11.1 Å². The third-order valence-electron chi connectivity index (χ3n) is 6.93. The van der Waals surface area contributed by atoms with Crippen LogP contribution in [0.4, 0.5) is 4.39 Å². The minimum absolute atomic E-state index is 0.349. The Bertz CT molecular complexity index is 1290. The molecule has 4 heteroatoms. The van der Waals surface area contributed by atoms with Gasteiger partial charge in [-0.25, -0.2) is 0 Å². The second kappa shape index (κ2) is 15.6. The maximum absolute atomic E-state index is 14.1. The third kappa shape index (κ3) is 8.90. The van der Waals surface area contributed by atoms with Gasteiger partial charge in [-0.1, -0.05) is 92.7 Å². The van der Waals surface area contributed by atoms with Gasteiger partial charge in [0.2, 0.25) is 5.97 Å². The molecule has 0 aliphatic carbocycles. The number of hydrogen-bond donors (Lipinski definition) is 3. The first kappa shape index (κ1) is 29.8. The van der Waals surface area contributed by atoms with Crippen LogP contribution in [-0.2, 0) is 6.42 Å². The van der Waals surface area contributed by atoms with Gasteiger partial charge >= 0.3 is 0 Å². The molecule has 3 aromatic carbocycles. The van der Waals surface area contributed by atoms with Gasteiger partial charge in [0, 0.05) is 24.9 Å². The summed E-state index contributed by atoms with van der Waals surface area (Å²) >= 11 is 0. The van der Waals surface area contributed by atoms with Crippen molar-refractivity contribution in [3.8, 4) is 0 Å². The van der Waals surface area contributed by atoms with Crippen LogP contribution in [0.5, 0.6) is 0 Å². The molecule has 3 nitrogen and oxygen atoms in total. The van der Waals surface area contributed by atoms with E-state index in [0.717, 1.165) is 73.2 Å². The number of benzene rings is 3. The predicted molar refractivity (Wildman–Crippen MR) is 166 cm³/mol. The fourth-order valence-corrected chi connectivity index (χ4v) is 4.66. The van der Waals surface area contributed by atoms with E-state index >= 15 is 0 Å².